The Balaban J connectivity index is 1.95. The van der Waals surface area contributed by atoms with Gasteiger partial charge >= 0.3 is 0 Å². The van der Waals surface area contributed by atoms with Crippen molar-refractivity contribution in [2.24, 2.45) is 0 Å². The summed E-state index contributed by atoms with van der Waals surface area (Å²) in [5.74, 6) is 1.07. The summed E-state index contributed by atoms with van der Waals surface area (Å²) in [5.41, 5.74) is 11.0. The van der Waals surface area contributed by atoms with Crippen molar-refractivity contribution in [2.45, 2.75) is 41.5 Å². The van der Waals surface area contributed by atoms with Gasteiger partial charge in [0.1, 0.15) is 6.54 Å². The topological polar surface area (TPSA) is 3.24 Å². The Kier molecular flexibility index (Phi) is 6.15. The highest BCUT2D eigenvalue weighted by Crippen LogP contribution is 2.46. The standard InChI is InChI=1S/C28H31Cl2N2/c1-18-13-20(3)27(21(4)14-18)31-11-12-32(30,28-22(5)15-19(2)16-23(28)6)26(31)17-24-7-9-25(29)10-8-24/h7-10,13-17H,11-12H2,1-6H3/q+1. The van der Waals surface area contributed by atoms with Crippen molar-refractivity contribution in [1.82, 2.24) is 4.00 Å². The first-order valence-corrected chi connectivity index (χ1v) is 11.8. The lowest BCUT2D eigenvalue weighted by molar-refractivity contribution is 0.616. The van der Waals surface area contributed by atoms with Crippen LogP contribution >= 0.6 is 23.4 Å². The average molecular weight is 466 g/mol. The maximum Gasteiger partial charge on any atom is 0.232 e. The van der Waals surface area contributed by atoms with Gasteiger partial charge in [-0.1, -0.05) is 59.1 Å². The molecular weight excluding hydrogens is 435 g/mol. The van der Waals surface area contributed by atoms with Gasteiger partial charge in [0.25, 0.3) is 0 Å². The quantitative estimate of drug-likeness (QED) is 0.352. The van der Waals surface area contributed by atoms with Gasteiger partial charge in [-0.2, -0.15) is 0 Å². The van der Waals surface area contributed by atoms with E-state index in [1.54, 1.807) is 0 Å². The minimum atomic E-state index is 0.257. The lowest BCUT2D eigenvalue weighted by Crippen LogP contribution is -2.37. The Bertz CT molecular complexity index is 1160. The molecule has 1 saturated heterocycles. The van der Waals surface area contributed by atoms with Crippen molar-refractivity contribution in [3.63, 3.8) is 0 Å². The van der Waals surface area contributed by atoms with Crippen LogP contribution in [-0.4, -0.2) is 13.1 Å². The second-order valence-corrected chi connectivity index (χ2v) is 10.2. The number of halogens is 2. The molecular formula is C28H31Cl2N2+. The summed E-state index contributed by atoms with van der Waals surface area (Å²) in [6.45, 7) is 14.7. The molecule has 1 aliphatic rings. The Labute approximate surface area is 202 Å². The molecule has 1 fully saturated rings. The minimum absolute atomic E-state index is 0.257. The second-order valence-electron chi connectivity index (χ2n) is 9.14. The van der Waals surface area contributed by atoms with Crippen LogP contribution in [0.15, 0.2) is 54.4 Å². The van der Waals surface area contributed by atoms with E-state index in [2.05, 4.69) is 88.9 Å². The van der Waals surface area contributed by atoms with Crippen LogP contribution in [0.5, 0.6) is 0 Å². The fourth-order valence-electron chi connectivity index (χ4n) is 5.33. The summed E-state index contributed by atoms with van der Waals surface area (Å²) in [5, 5.41) is 0.734. The monoisotopic (exact) mass is 465 g/mol. The first-order valence-electron chi connectivity index (χ1n) is 11.1. The highest BCUT2D eigenvalue weighted by atomic mass is 35.5. The minimum Gasteiger partial charge on any atom is -0.290 e. The zero-order valence-electron chi connectivity index (χ0n) is 19.8. The molecule has 1 aliphatic heterocycles. The first kappa shape index (κ1) is 22.9. The average Bonchev–Trinajstić information content (AvgIpc) is 2.99. The van der Waals surface area contributed by atoms with Crippen LogP contribution in [-0.2, 0) is 0 Å². The van der Waals surface area contributed by atoms with Crippen LogP contribution in [0.4, 0.5) is 11.4 Å². The lowest BCUT2D eigenvalue weighted by atomic mass is 10.0. The summed E-state index contributed by atoms with van der Waals surface area (Å²) in [6.07, 6.45) is 2.22. The van der Waals surface area contributed by atoms with E-state index < -0.39 is 0 Å². The number of quaternary nitrogens is 1. The van der Waals surface area contributed by atoms with Gasteiger partial charge in [0.05, 0.1) is 12.2 Å². The van der Waals surface area contributed by atoms with Crippen LogP contribution in [0.3, 0.4) is 0 Å². The predicted octanol–water partition coefficient (Wildman–Crippen LogP) is 8.17. The fourth-order valence-corrected chi connectivity index (χ4v) is 5.94. The number of aryl methyl sites for hydroxylation is 6. The molecule has 1 atom stereocenters. The van der Waals surface area contributed by atoms with Gasteiger partial charge in [-0.15, -0.1) is 4.00 Å². The Morgan fingerprint density at radius 3 is 1.81 bits per heavy atom. The lowest BCUT2D eigenvalue weighted by Gasteiger charge is -2.30. The van der Waals surface area contributed by atoms with Gasteiger partial charge in [-0.25, -0.2) is 0 Å². The molecule has 1 heterocycles. The number of hydrogen-bond acceptors (Lipinski definition) is 1. The molecule has 4 rings (SSSR count). The van der Waals surface area contributed by atoms with Crippen LogP contribution in [0.1, 0.15) is 38.9 Å². The SMILES string of the molecule is Cc1cc(C)c(N2CC[N+](Cl)(c3c(C)cc(C)cc3C)C2=Cc2ccc(Cl)cc2)c(C)c1. The smallest absolute Gasteiger partial charge is 0.232 e. The van der Waals surface area contributed by atoms with Gasteiger partial charge < -0.3 is 0 Å². The molecule has 0 bridgehead atoms. The number of benzene rings is 3. The van der Waals surface area contributed by atoms with E-state index in [-0.39, 0.29) is 4.00 Å². The summed E-state index contributed by atoms with van der Waals surface area (Å²) < 4.78 is 0.257. The largest absolute Gasteiger partial charge is 0.290 e. The third kappa shape index (κ3) is 4.08. The zero-order chi connectivity index (χ0) is 23.2. The van der Waals surface area contributed by atoms with Crippen molar-refractivity contribution in [2.75, 3.05) is 18.0 Å². The van der Waals surface area contributed by atoms with Gasteiger partial charge in [0, 0.05) is 22.2 Å². The molecule has 32 heavy (non-hydrogen) atoms. The molecule has 1 unspecified atom stereocenters. The van der Waals surface area contributed by atoms with Gasteiger partial charge in [0.15, 0.2) is 17.5 Å². The van der Waals surface area contributed by atoms with Crippen molar-refractivity contribution < 1.29 is 0 Å². The molecule has 0 radical (unpaired) electrons. The Morgan fingerprint density at radius 1 is 0.781 bits per heavy atom. The summed E-state index contributed by atoms with van der Waals surface area (Å²) in [7, 11) is 0. The van der Waals surface area contributed by atoms with Crippen molar-refractivity contribution in [3.05, 3.63) is 98.3 Å². The third-order valence-electron chi connectivity index (χ3n) is 6.33. The van der Waals surface area contributed by atoms with Crippen LogP contribution in [0, 0.1) is 41.5 Å². The molecule has 0 aromatic heterocycles. The van der Waals surface area contributed by atoms with Gasteiger partial charge in [0.2, 0.25) is 5.82 Å². The molecule has 166 valence electrons. The summed E-state index contributed by atoms with van der Waals surface area (Å²) in [6, 6.07) is 16.9. The van der Waals surface area contributed by atoms with E-state index in [0.29, 0.717) is 0 Å². The van der Waals surface area contributed by atoms with E-state index in [9.17, 15) is 0 Å². The molecule has 4 heteroatoms. The van der Waals surface area contributed by atoms with E-state index in [1.165, 1.54) is 44.8 Å². The molecule has 0 aliphatic carbocycles. The number of rotatable bonds is 3. The van der Waals surface area contributed by atoms with Crippen molar-refractivity contribution in [1.29, 1.82) is 0 Å². The maximum atomic E-state index is 7.59. The van der Waals surface area contributed by atoms with Crippen LogP contribution in [0.2, 0.25) is 5.02 Å². The molecule has 2 nitrogen and oxygen atoms in total. The van der Waals surface area contributed by atoms with Gasteiger partial charge in [-0.3, -0.25) is 4.90 Å². The van der Waals surface area contributed by atoms with E-state index in [0.717, 1.165) is 29.5 Å². The zero-order valence-corrected chi connectivity index (χ0v) is 21.3. The predicted molar refractivity (Wildman–Crippen MR) is 141 cm³/mol. The van der Waals surface area contributed by atoms with E-state index in [1.807, 2.05) is 12.1 Å². The molecule has 3 aromatic rings. The Hall–Kier alpha value is -2.26. The number of nitrogens with zero attached hydrogens (tertiary/aromatic N) is 2. The van der Waals surface area contributed by atoms with Gasteiger partial charge in [-0.05, 0) is 70.4 Å². The molecule has 0 N–H and O–H groups in total. The normalized spacial score (nSPS) is 19.8. The summed E-state index contributed by atoms with van der Waals surface area (Å²) in [4.78, 5) is 2.41. The molecule has 0 spiro atoms. The van der Waals surface area contributed by atoms with Crippen molar-refractivity contribution in [3.8, 4) is 0 Å². The van der Waals surface area contributed by atoms with E-state index >= 15 is 0 Å². The first-order chi connectivity index (χ1) is 15.1. The third-order valence-corrected chi connectivity index (χ3v) is 7.10. The maximum absolute atomic E-state index is 7.59. The second kappa shape index (κ2) is 8.59. The summed E-state index contributed by atoms with van der Waals surface area (Å²) >= 11 is 13.7. The molecule has 0 saturated carbocycles. The van der Waals surface area contributed by atoms with Crippen molar-refractivity contribution >= 4 is 40.8 Å². The Morgan fingerprint density at radius 2 is 1.28 bits per heavy atom. The molecule has 0 amide bonds. The van der Waals surface area contributed by atoms with Crippen LogP contribution < -0.4 is 8.90 Å². The fraction of sp³-hybridized carbons (Fsp3) is 0.286. The number of anilines is 1. The highest BCUT2D eigenvalue weighted by molar-refractivity contribution is 6.30. The van der Waals surface area contributed by atoms with Crippen LogP contribution in [0.25, 0.3) is 6.08 Å². The molecule has 3 aromatic carbocycles. The van der Waals surface area contributed by atoms with E-state index in [4.69, 9.17) is 23.4 Å². The number of hydrogen-bond donors (Lipinski definition) is 0. The highest BCUT2D eigenvalue weighted by Gasteiger charge is 2.47.